The van der Waals surface area contributed by atoms with E-state index < -0.39 is 31.0 Å². The molecule has 1 aliphatic heterocycles. The van der Waals surface area contributed by atoms with E-state index in [0.717, 1.165) is 25.2 Å². The maximum atomic E-state index is 12.0. The van der Waals surface area contributed by atoms with Crippen LogP contribution in [0.15, 0.2) is 0 Å². The Hall–Kier alpha value is -0.690. The lowest BCUT2D eigenvalue weighted by Crippen LogP contribution is -2.43. The Morgan fingerprint density at radius 2 is 1.40 bits per heavy atom. The maximum absolute atomic E-state index is 12.0. The van der Waals surface area contributed by atoms with Crippen molar-refractivity contribution in [1.29, 1.82) is 0 Å². The second kappa shape index (κ2) is 16.9. The third-order valence-electron chi connectivity index (χ3n) is 5.93. The van der Waals surface area contributed by atoms with Crippen molar-refractivity contribution in [2.45, 2.75) is 128 Å². The molecule has 0 amide bonds. The smallest absolute Gasteiger partial charge is 0.306 e. The van der Waals surface area contributed by atoms with Gasteiger partial charge in [0.2, 0.25) is 0 Å². The van der Waals surface area contributed by atoms with Crippen LogP contribution in [0.5, 0.6) is 0 Å². The molecule has 6 nitrogen and oxygen atoms in total. The Bertz CT molecular complexity index is 428. The highest BCUT2D eigenvalue weighted by Gasteiger charge is 2.41. The van der Waals surface area contributed by atoms with E-state index in [1.807, 2.05) is 0 Å². The first-order valence-electron chi connectivity index (χ1n) is 12.2. The normalized spacial score (nSPS) is 22.5. The predicted octanol–water partition coefficient (Wildman–Crippen LogP) is 4.13. The second-order valence-corrected chi connectivity index (χ2v) is 9.24. The van der Waals surface area contributed by atoms with Crippen LogP contribution in [0.4, 0.5) is 0 Å². The molecule has 0 saturated carbocycles. The third kappa shape index (κ3) is 12.2. The maximum Gasteiger partial charge on any atom is 0.306 e. The molecule has 6 heteroatoms. The van der Waals surface area contributed by atoms with Gasteiger partial charge in [0.15, 0.2) is 6.10 Å². The number of aliphatic hydroxyl groups excluding tert-OH is 3. The standard InChI is InChI=1S/C24H46O6/c1-19(2)15-13-11-9-7-5-3-4-6-8-10-12-14-16-22(27)30-21(17-25)24-23(28)20(26)18-29-24/h19-21,23-26,28H,3-18H2,1-2H3. The van der Waals surface area contributed by atoms with Crippen LogP contribution in [0.25, 0.3) is 0 Å². The molecule has 0 aromatic rings. The first-order valence-corrected chi connectivity index (χ1v) is 12.2. The number of esters is 1. The summed E-state index contributed by atoms with van der Waals surface area (Å²) in [6, 6.07) is 0. The average Bonchev–Trinajstić information content (AvgIpc) is 3.04. The monoisotopic (exact) mass is 430 g/mol. The highest BCUT2D eigenvalue weighted by molar-refractivity contribution is 5.69. The van der Waals surface area contributed by atoms with E-state index in [9.17, 15) is 20.1 Å². The molecule has 4 unspecified atom stereocenters. The number of unbranched alkanes of at least 4 members (excludes halogenated alkanes) is 11. The summed E-state index contributed by atoms with van der Waals surface area (Å²) in [5, 5.41) is 28.7. The van der Waals surface area contributed by atoms with E-state index in [2.05, 4.69) is 13.8 Å². The molecule has 30 heavy (non-hydrogen) atoms. The third-order valence-corrected chi connectivity index (χ3v) is 5.93. The molecule has 4 atom stereocenters. The molecule has 0 aromatic carbocycles. The van der Waals surface area contributed by atoms with Gasteiger partial charge >= 0.3 is 5.97 Å². The Labute approximate surface area is 183 Å². The topological polar surface area (TPSA) is 96.2 Å². The number of carbonyl (C=O) groups excluding carboxylic acids is 1. The molecular formula is C24H46O6. The lowest BCUT2D eigenvalue weighted by molar-refractivity contribution is -0.162. The fourth-order valence-electron chi connectivity index (χ4n) is 3.98. The van der Waals surface area contributed by atoms with Crippen LogP contribution in [-0.2, 0) is 14.3 Å². The summed E-state index contributed by atoms with van der Waals surface area (Å²) in [5.41, 5.74) is 0. The minimum Gasteiger partial charge on any atom is -0.457 e. The predicted molar refractivity (Wildman–Crippen MR) is 118 cm³/mol. The minimum absolute atomic E-state index is 0.0157. The molecule has 0 spiro atoms. The molecular weight excluding hydrogens is 384 g/mol. The molecule has 0 bridgehead atoms. The fourth-order valence-corrected chi connectivity index (χ4v) is 3.98. The van der Waals surface area contributed by atoms with Gasteiger partial charge in [-0.15, -0.1) is 0 Å². The van der Waals surface area contributed by atoms with Gasteiger partial charge in [0.1, 0.15) is 18.3 Å². The largest absolute Gasteiger partial charge is 0.457 e. The highest BCUT2D eigenvalue weighted by Crippen LogP contribution is 2.20. The van der Waals surface area contributed by atoms with Crippen molar-refractivity contribution in [3.8, 4) is 0 Å². The van der Waals surface area contributed by atoms with Crippen LogP contribution in [0.1, 0.15) is 104 Å². The van der Waals surface area contributed by atoms with E-state index in [1.54, 1.807) is 0 Å². The first kappa shape index (κ1) is 27.3. The number of aliphatic hydroxyl groups is 3. The van der Waals surface area contributed by atoms with Crippen molar-refractivity contribution in [2.24, 2.45) is 5.92 Å². The Morgan fingerprint density at radius 1 is 0.900 bits per heavy atom. The molecule has 0 radical (unpaired) electrons. The number of carbonyl (C=O) groups is 1. The van der Waals surface area contributed by atoms with E-state index >= 15 is 0 Å². The molecule has 1 fully saturated rings. The summed E-state index contributed by atoms with van der Waals surface area (Å²) in [7, 11) is 0. The van der Waals surface area contributed by atoms with Crippen molar-refractivity contribution in [2.75, 3.05) is 13.2 Å². The van der Waals surface area contributed by atoms with Crippen molar-refractivity contribution < 1.29 is 29.6 Å². The van der Waals surface area contributed by atoms with Gasteiger partial charge in [-0.2, -0.15) is 0 Å². The van der Waals surface area contributed by atoms with E-state index in [4.69, 9.17) is 9.47 Å². The lowest BCUT2D eigenvalue weighted by Gasteiger charge is -2.24. The quantitative estimate of drug-likeness (QED) is 0.223. The van der Waals surface area contributed by atoms with E-state index in [1.165, 1.54) is 64.2 Å². The van der Waals surface area contributed by atoms with Crippen molar-refractivity contribution in [3.63, 3.8) is 0 Å². The van der Waals surface area contributed by atoms with Gasteiger partial charge in [-0.25, -0.2) is 0 Å². The molecule has 1 heterocycles. The Kier molecular flexibility index (Phi) is 15.4. The van der Waals surface area contributed by atoms with Crippen molar-refractivity contribution in [3.05, 3.63) is 0 Å². The average molecular weight is 431 g/mol. The van der Waals surface area contributed by atoms with Crippen LogP contribution in [0, 0.1) is 5.92 Å². The van der Waals surface area contributed by atoms with Crippen LogP contribution in [0.3, 0.4) is 0 Å². The van der Waals surface area contributed by atoms with Gasteiger partial charge in [-0.1, -0.05) is 90.9 Å². The van der Waals surface area contributed by atoms with E-state index in [0.29, 0.717) is 6.42 Å². The summed E-state index contributed by atoms with van der Waals surface area (Å²) in [5.74, 6) is 0.447. The Balaban J connectivity index is 1.91. The molecule has 0 aliphatic carbocycles. The molecule has 1 saturated heterocycles. The fraction of sp³-hybridized carbons (Fsp3) is 0.958. The number of hydrogen-bond donors (Lipinski definition) is 3. The van der Waals surface area contributed by atoms with Crippen LogP contribution in [-0.4, -0.2) is 58.9 Å². The zero-order valence-electron chi connectivity index (χ0n) is 19.3. The second-order valence-electron chi connectivity index (χ2n) is 9.24. The summed E-state index contributed by atoms with van der Waals surface area (Å²) in [6.45, 7) is 4.14. The molecule has 178 valence electrons. The lowest BCUT2D eigenvalue weighted by atomic mass is 10.0. The van der Waals surface area contributed by atoms with Crippen molar-refractivity contribution >= 4 is 5.97 Å². The van der Waals surface area contributed by atoms with Crippen LogP contribution in [0.2, 0.25) is 0 Å². The molecule has 1 rings (SSSR count). The summed E-state index contributed by atoms with van der Waals surface area (Å²) in [4.78, 5) is 12.0. The van der Waals surface area contributed by atoms with Gasteiger partial charge in [0, 0.05) is 6.42 Å². The van der Waals surface area contributed by atoms with Gasteiger partial charge in [0.05, 0.1) is 13.2 Å². The summed E-state index contributed by atoms with van der Waals surface area (Å²) < 4.78 is 10.5. The van der Waals surface area contributed by atoms with Crippen molar-refractivity contribution in [1.82, 2.24) is 0 Å². The molecule has 1 aliphatic rings. The van der Waals surface area contributed by atoms with Crippen LogP contribution >= 0.6 is 0 Å². The zero-order chi connectivity index (χ0) is 22.2. The molecule has 3 N–H and O–H groups in total. The van der Waals surface area contributed by atoms with Gasteiger partial charge in [0.25, 0.3) is 0 Å². The van der Waals surface area contributed by atoms with Gasteiger partial charge in [-0.3, -0.25) is 4.79 Å². The van der Waals surface area contributed by atoms with E-state index in [-0.39, 0.29) is 12.6 Å². The summed E-state index contributed by atoms with van der Waals surface area (Å²) >= 11 is 0. The number of ether oxygens (including phenoxy) is 2. The van der Waals surface area contributed by atoms with Crippen LogP contribution < -0.4 is 0 Å². The van der Waals surface area contributed by atoms with Gasteiger partial charge < -0.3 is 24.8 Å². The zero-order valence-corrected chi connectivity index (χ0v) is 19.3. The number of rotatable bonds is 18. The SMILES string of the molecule is CC(C)CCCCCCCCCCCCCCC(=O)OC(CO)C1OCC(O)C1O. The first-order chi connectivity index (χ1) is 14.5. The highest BCUT2D eigenvalue weighted by atomic mass is 16.6. The Morgan fingerprint density at radius 3 is 1.83 bits per heavy atom. The molecule has 0 aromatic heterocycles. The summed E-state index contributed by atoms with van der Waals surface area (Å²) in [6.07, 6.45) is 12.6. The minimum atomic E-state index is -1.14. The number of hydrogen-bond acceptors (Lipinski definition) is 6. The van der Waals surface area contributed by atoms with Gasteiger partial charge in [-0.05, 0) is 12.3 Å².